The predicted molar refractivity (Wildman–Crippen MR) is 124 cm³/mol. The summed E-state index contributed by atoms with van der Waals surface area (Å²) in [5.41, 5.74) is 2.97. The highest BCUT2D eigenvalue weighted by atomic mass is 35.5. The fourth-order valence-corrected chi connectivity index (χ4v) is 6.73. The van der Waals surface area contributed by atoms with Gasteiger partial charge in [-0.05, 0) is 60.9 Å². The molecule has 0 bridgehead atoms. The van der Waals surface area contributed by atoms with Crippen LogP contribution in [0, 0.1) is 5.92 Å². The summed E-state index contributed by atoms with van der Waals surface area (Å²) in [7, 11) is -3.59. The first-order valence-corrected chi connectivity index (χ1v) is 13.0. The maximum Gasteiger partial charge on any atom is 0.224 e. The minimum Gasteiger partial charge on any atom is -0.349 e. The molecule has 0 saturated carbocycles. The van der Waals surface area contributed by atoms with Gasteiger partial charge in [0.15, 0.2) is 0 Å². The molecule has 2 aliphatic rings. The maximum atomic E-state index is 13.0. The van der Waals surface area contributed by atoms with Gasteiger partial charge < -0.3 is 5.32 Å². The van der Waals surface area contributed by atoms with Gasteiger partial charge in [0.05, 0.1) is 17.7 Å². The van der Waals surface area contributed by atoms with Crippen molar-refractivity contribution in [1.82, 2.24) is 9.62 Å². The number of rotatable bonds is 5. The molecular formula is C23H26Cl2N2O3S. The number of piperidine rings is 1. The molecule has 166 valence electrons. The molecule has 2 atom stereocenters. The molecule has 0 aromatic heterocycles. The van der Waals surface area contributed by atoms with Gasteiger partial charge in [0, 0.05) is 23.1 Å². The van der Waals surface area contributed by atoms with E-state index in [1.807, 2.05) is 12.1 Å². The SMILES string of the molecule is O=C(NC1CCCc2ccccc21)C1CCCN(S(=O)(=O)Cc2ccc(Cl)cc2Cl)C1. The molecule has 2 unspecified atom stereocenters. The van der Waals surface area contributed by atoms with E-state index in [2.05, 4.69) is 17.4 Å². The van der Waals surface area contributed by atoms with E-state index >= 15 is 0 Å². The van der Waals surface area contributed by atoms with Gasteiger partial charge in [-0.1, -0.05) is 53.5 Å². The van der Waals surface area contributed by atoms with E-state index in [4.69, 9.17) is 23.2 Å². The minimum atomic E-state index is -3.59. The van der Waals surface area contributed by atoms with Gasteiger partial charge in [-0.25, -0.2) is 12.7 Å². The summed E-state index contributed by atoms with van der Waals surface area (Å²) in [6.45, 7) is 0.622. The number of nitrogens with one attached hydrogen (secondary N) is 1. The van der Waals surface area contributed by atoms with Crippen LogP contribution in [-0.2, 0) is 27.0 Å². The number of hydrogen-bond donors (Lipinski definition) is 1. The average Bonchev–Trinajstić information content (AvgIpc) is 2.76. The van der Waals surface area contributed by atoms with Crippen LogP contribution in [0.1, 0.15) is 48.4 Å². The summed E-state index contributed by atoms with van der Waals surface area (Å²) in [5.74, 6) is -0.614. The number of benzene rings is 2. The molecule has 1 N–H and O–H groups in total. The molecule has 2 aromatic rings. The lowest BCUT2D eigenvalue weighted by Crippen LogP contribution is -2.46. The van der Waals surface area contributed by atoms with Gasteiger partial charge in [0.1, 0.15) is 0 Å². The van der Waals surface area contributed by atoms with Crippen molar-refractivity contribution in [3.05, 3.63) is 69.2 Å². The smallest absolute Gasteiger partial charge is 0.224 e. The molecule has 1 amide bonds. The van der Waals surface area contributed by atoms with Crippen molar-refractivity contribution in [2.24, 2.45) is 5.92 Å². The number of nitrogens with zero attached hydrogens (tertiary/aromatic N) is 1. The standard InChI is InChI=1S/C23H26Cl2N2O3S/c24-19-11-10-18(21(25)13-19)15-31(29,30)27-12-4-7-17(14-27)23(28)26-22-9-3-6-16-5-1-2-8-20(16)22/h1-2,5,8,10-11,13,17,22H,3-4,6-7,9,12,14-15H2,(H,26,28). The van der Waals surface area contributed by atoms with Crippen molar-refractivity contribution in [2.75, 3.05) is 13.1 Å². The van der Waals surface area contributed by atoms with Gasteiger partial charge in [0.25, 0.3) is 0 Å². The zero-order chi connectivity index (χ0) is 22.0. The maximum absolute atomic E-state index is 13.0. The highest BCUT2D eigenvalue weighted by molar-refractivity contribution is 7.88. The average molecular weight is 481 g/mol. The third-order valence-electron chi connectivity index (χ3n) is 6.19. The Balaban J connectivity index is 1.43. The fraction of sp³-hybridized carbons (Fsp3) is 0.435. The second-order valence-electron chi connectivity index (χ2n) is 8.34. The first-order valence-electron chi connectivity index (χ1n) is 10.6. The van der Waals surface area contributed by atoms with Crippen molar-refractivity contribution in [1.29, 1.82) is 0 Å². The zero-order valence-corrected chi connectivity index (χ0v) is 19.5. The Morgan fingerprint density at radius 3 is 2.71 bits per heavy atom. The van der Waals surface area contributed by atoms with E-state index < -0.39 is 10.0 Å². The number of amides is 1. The van der Waals surface area contributed by atoms with Gasteiger partial charge >= 0.3 is 0 Å². The topological polar surface area (TPSA) is 66.5 Å². The first-order chi connectivity index (χ1) is 14.8. The molecule has 0 radical (unpaired) electrons. The van der Waals surface area contributed by atoms with Crippen LogP contribution >= 0.6 is 23.2 Å². The van der Waals surface area contributed by atoms with Crippen LogP contribution in [-0.4, -0.2) is 31.7 Å². The highest BCUT2D eigenvalue weighted by Gasteiger charge is 2.34. The van der Waals surface area contributed by atoms with Crippen LogP contribution in [0.3, 0.4) is 0 Å². The lowest BCUT2D eigenvalue weighted by Gasteiger charge is -2.33. The number of aryl methyl sites for hydroxylation is 1. The summed E-state index contributed by atoms with van der Waals surface area (Å²) in [6, 6.07) is 13.0. The Morgan fingerprint density at radius 1 is 1.10 bits per heavy atom. The molecule has 31 heavy (non-hydrogen) atoms. The molecule has 1 fully saturated rings. The van der Waals surface area contributed by atoms with Gasteiger partial charge in [0.2, 0.25) is 15.9 Å². The van der Waals surface area contributed by atoms with E-state index in [1.54, 1.807) is 18.2 Å². The third kappa shape index (κ3) is 5.25. The third-order valence-corrected chi connectivity index (χ3v) is 8.57. The van der Waals surface area contributed by atoms with Crippen LogP contribution < -0.4 is 5.32 Å². The number of fused-ring (bicyclic) bond motifs is 1. The molecule has 1 saturated heterocycles. The van der Waals surface area contributed by atoms with Crippen LogP contribution in [0.15, 0.2) is 42.5 Å². The Morgan fingerprint density at radius 2 is 1.90 bits per heavy atom. The van der Waals surface area contributed by atoms with Crippen molar-refractivity contribution >= 4 is 39.1 Å². The summed E-state index contributed by atoms with van der Waals surface area (Å²) in [4.78, 5) is 13.0. The van der Waals surface area contributed by atoms with E-state index in [0.717, 1.165) is 19.3 Å². The summed E-state index contributed by atoms with van der Waals surface area (Å²) in [5, 5.41) is 3.98. The quantitative estimate of drug-likeness (QED) is 0.672. The molecule has 5 nitrogen and oxygen atoms in total. The van der Waals surface area contributed by atoms with Gasteiger partial charge in [-0.3, -0.25) is 4.79 Å². The van der Waals surface area contributed by atoms with Crippen LogP contribution in [0.5, 0.6) is 0 Å². The fourth-order valence-electron chi connectivity index (χ4n) is 4.53. The second kappa shape index (κ2) is 9.49. The van der Waals surface area contributed by atoms with Crippen molar-refractivity contribution < 1.29 is 13.2 Å². The first kappa shape index (κ1) is 22.6. The molecular weight excluding hydrogens is 455 g/mol. The Bertz CT molecular complexity index is 1070. The summed E-state index contributed by atoms with van der Waals surface area (Å²) in [6.07, 6.45) is 4.33. The Labute approximate surface area is 193 Å². The molecule has 1 heterocycles. The number of carbonyl (C=O) groups excluding carboxylic acids is 1. The van der Waals surface area contributed by atoms with E-state index in [1.165, 1.54) is 15.4 Å². The van der Waals surface area contributed by atoms with E-state index in [-0.39, 0.29) is 30.2 Å². The van der Waals surface area contributed by atoms with Crippen molar-refractivity contribution in [3.63, 3.8) is 0 Å². The van der Waals surface area contributed by atoms with E-state index in [9.17, 15) is 13.2 Å². The molecule has 0 spiro atoms. The van der Waals surface area contributed by atoms with Gasteiger partial charge in [-0.2, -0.15) is 0 Å². The highest BCUT2D eigenvalue weighted by Crippen LogP contribution is 2.31. The minimum absolute atomic E-state index is 0.00249. The van der Waals surface area contributed by atoms with Crippen LogP contribution in [0.2, 0.25) is 10.0 Å². The lowest BCUT2D eigenvalue weighted by molar-refractivity contribution is -0.127. The molecule has 8 heteroatoms. The Hall–Kier alpha value is -1.60. The largest absolute Gasteiger partial charge is 0.349 e. The van der Waals surface area contributed by atoms with Crippen LogP contribution in [0.4, 0.5) is 0 Å². The number of sulfonamides is 1. The molecule has 1 aliphatic carbocycles. The molecule has 2 aromatic carbocycles. The Kier molecular flexibility index (Phi) is 6.92. The monoisotopic (exact) mass is 480 g/mol. The summed E-state index contributed by atoms with van der Waals surface area (Å²) >= 11 is 12.1. The zero-order valence-electron chi connectivity index (χ0n) is 17.2. The molecule has 4 rings (SSSR count). The lowest BCUT2D eigenvalue weighted by atomic mass is 9.87. The number of halogens is 2. The molecule has 1 aliphatic heterocycles. The van der Waals surface area contributed by atoms with Gasteiger partial charge in [-0.15, -0.1) is 0 Å². The van der Waals surface area contributed by atoms with Crippen LogP contribution in [0.25, 0.3) is 0 Å². The summed E-state index contributed by atoms with van der Waals surface area (Å²) < 4.78 is 27.5. The predicted octanol–water partition coefficient (Wildman–Crippen LogP) is 4.73. The number of carbonyl (C=O) groups is 1. The number of hydrogen-bond acceptors (Lipinski definition) is 3. The normalized spacial score (nSPS) is 22.0. The van der Waals surface area contributed by atoms with Crippen molar-refractivity contribution in [3.8, 4) is 0 Å². The van der Waals surface area contributed by atoms with E-state index in [0.29, 0.717) is 35.0 Å². The van der Waals surface area contributed by atoms with Crippen molar-refractivity contribution in [2.45, 2.75) is 43.9 Å². The second-order valence-corrected chi connectivity index (χ2v) is 11.2.